The molecule has 1 aromatic heterocycles. The maximum Gasteiger partial charge on any atom is 0.336 e. The molecule has 0 unspecified atom stereocenters. The van der Waals surface area contributed by atoms with Crippen LogP contribution >= 0.6 is 11.3 Å². The summed E-state index contributed by atoms with van der Waals surface area (Å²) in [5.41, 5.74) is -0.420. The molecule has 4 N–H and O–H groups in total. The Kier molecular flexibility index (Phi) is 12.1. The molecule has 5 rings (SSSR count). The van der Waals surface area contributed by atoms with Gasteiger partial charge in [0.1, 0.15) is 18.1 Å². The first-order valence-corrected chi connectivity index (χ1v) is 15.9. The maximum atomic E-state index is 13.8. The van der Waals surface area contributed by atoms with E-state index in [1.54, 1.807) is 18.4 Å². The third-order valence-electron chi connectivity index (χ3n) is 7.70. The van der Waals surface area contributed by atoms with E-state index in [0.29, 0.717) is 12.2 Å². The number of carboxylic acids is 3. The van der Waals surface area contributed by atoms with Gasteiger partial charge in [-0.25, -0.2) is 4.79 Å². The summed E-state index contributed by atoms with van der Waals surface area (Å²) < 4.78 is 12.7. The molecule has 4 aromatic rings. The van der Waals surface area contributed by atoms with Crippen LogP contribution in [0, 0.1) is 0 Å². The van der Waals surface area contributed by atoms with Gasteiger partial charge in [-0.05, 0) is 68.4 Å². The maximum absolute atomic E-state index is 13.8. The molecule has 3 aromatic carbocycles. The van der Waals surface area contributed by atoms with Crippen LogP contribution in [-0.4, -0.2) is 88.0 Å². The fraction of sp³-hybridized carbons (Fsp3) is 0.314. The third-order valence-corrected chi connectivity index (χ3v) is 8.91. The Morgan fingerprint density at radius 1 is 0.830 bits per heavy atom. The quantitative estimate of drug-likeness (QED) is 0.135. The first kappa shape index (κ1) is 35.1. The summed E-state index contributed by atoms with van der Waals surface area (Å²) in [4.78, 5) is 47.6. The molecule has 11 nitrogen and oxygen atoms in total. The summed E-state index contributed by atoms with van der Waals surface area (Å²) in [5.74, 6) is -3.44. The number of benzene rings is 3. The summed E-state index contributed by atoms with van der Waals surface area (Å²) in [5, 5.41) is 34.8. The lowest BCUT2D eigenvalue weighted by Crippen LogP contribution is -2.42. The number of aliphatic carboxylic acids is 3. The smallest absolute Gasteiger partial charge is 0.336 e. The number of fused-ring (bicyclic) bond motifs is 1. The highest BCUT2D eigenvalue weighted by atomic mass is 32.1. The normalized spacial score (nSPS) is 13.3. The number of methoxy groups -OCH3 is 1. The van der Waals surface area contributed by atoms with E-state index in [2.05, 4.69) is 11.0 Å². The van der Waals surface area contributed by atoms with E-state index in [9.17, 15) is 19.2 Å². The summed E-state index contributed by atoms with van der Waals surface area (Å²) >= 11 is 1.63. The number of rotatable bonds is 13. The van der Waals surface area contributed by atoms with Crippen molar-refractivity contribution in [1.29, 1.82) is 0 Å². The average molecular weight is 664 g/mol. The lowest BCUT2D eigenvalue weighted by Gasteiger charge is -2.26. The number of piperidine rings is 1. The van der Waals surface area contributed by atoms with Gasteiger partial charge in [-0.3, -0.25) is 19.3 Å². The fourth-order valence-electron chi connectivity index (χ4n) is 5.33. The second kappa shape index (κ2) is 16.2. The van der Waals surface area contributed by atoms with E-state index in [4.69, 9.17) is 29.9 Å². The standard InChI is InChI=1S/C29H29NO3S.C6H8O7/c1-32-25-11-5-3-9-23(25)29-27(24-10-4-6-12-26(24)34-29)28(31)21-13-15-22(16-14-21)33-20-19-30-17-7-2-8-18-30;7-3(8)1-6(13,5(11)12)2-4(9)10/h3-6,9-16H,2,7-8,17-20H2,1H3;13H,1-2H2,(H,7,8)(H,9,10)(H,11,12). The number of carboxylic acid groups (broad SMARTS) is 3. The monoisotopic (exact) mass is 663 g/mol. The number of carbonyl (C=O) groups is 4. The highest BCUT2D eigenvalue weighted by Crippen LogP contribution is 2.43. The van der Waals surface area contributed by atoms with E-state index in [0.717, 1.165) is 44.1 Å². The molecule has 0 radical (unpaired) electrons. The number of ketones is 1. The van der Waals surface area contributed by atoms with Gasteiger partial charge in [0.15, 0.2) is 11.4 Å². The number of para-hydroxylation sites is 1. The van der Waals surface area contributed by atoms with Crippen LogP contribution in [0.2, 0.25) is 0 Å². The molecule has 1 aliphatic heterocycles. The van der Waals surface area contributed by atoms with Crippen molar-refractivity contribution in [3.05, 3.63) is 83.9 Å². The zero-order chi connectivity index (χ0) is 34.0. The molecule has 1 saturated heterocycles. The van der Waals surface area contributed by atoms with E-state index in [-0.39, 0.29) is 5.78 Å². The number of aliphatic hydroxyl groups is 1. The van der Waals surface area contributed by atoms with Gasteiger partial charge in [-0.15, -0.1) is 11.3 Å². The molecule has 0 saturated carbocycles. The Morgan fingerprint density at radius 2 is 1.45 bits per heavy atom. The lowest BCUT2D eigenvalue weighted by molar-refractivity contribution is -0.170. The number of likely N-dealkylation sites (tertiary alicyclic amines) is 1. The molecule has 0 spiro atoms. The molecule has 12 heteroatoms. The minimum atomic E-state index is -2.74. The van der Waals surface area contributed by atoms with Gasteiger partial charge < -0.3 is 29.9 Å². The van der Waals surface area contributed by atoms with Crippen LogP contribution < -0.4 is 9.47 Å². The van der Waals surface area contributed by atoms with E-state index in [1.807, 2.05) is 66.7 Å². The zero-order valence-electron chi connectivity index (χ0n) is 25.9. The van der Waals surface area contributed by atoms with E-state index in [1.165, 1.54) is 32.4 Å². The van der Waals surface area contributed by atoms with Crippen molar-refractivity contribution >= 4 is 45.1 Å². The van der Waals surface area contributed by atoms with Gasteiger partial charge in [-0.2, -0.15) is 0 Å². The van der Waals surface area contributed by atoms with Crippen LogP contribution in [0.1, 0.15) is 48.0 Å². The summed E-state index contributed by atoms with van der Waals surface area (Å²) in [6.07, 6.45) is 1.62. The highest BCUT2D eigenvalue weighted by molar-refractivity contribution is 7.22. The summed E-state index contributed by atoms with van der Waals surface area (Å²) in [7, 11) is 1.66. The number of carbonyl (C=O) groups excluding carboxylic acids is 1. The van der Waals surface area contributed by atoms with Crippen LogP contribution in [0.15, 0.2) is 72.8 Å². The van der Waals surface area contributed by atoms with Crippen molar-refractivity contribution in [2.75, 3.05) is 33.4 Å². The molecule has 0 amide bonds. The molecular weight excluding hydrogens is 626 g/mol. The summed E-state index contributed by atoms with van der Waals surface area (Å²) in [6, 6.07) is 23.5. The van der Waals surface area contributed by atoms with Gasteiger partial charge in [0.05, 0.1) is 24.8 Å². The number of hydrogen-bond donors (Lipinski definition) is 4. The molecule has 0 bridgehead atoms. The minimum absolute atomic E-state index is 0.0122. The van der Waals surface area contributed by atoms with Crippen molar-refractivity contribution < 1.29 is 49.1 Å². The molecule has 0 aliphatic carbocycles. The van der Waals surface area contributed by atoms with Crippen LogP contribution in [0.25, 0.3) is 20.5 Å². The fourth-order valence-corrected chi connectivity index (χ4v) is 6.56. The zero-order valence-corrected chi connectivity index (χ0v) is 26.7. The molecule has 2 heterocycles. The van der Waals surface area contributed by atoms with Gasteiger partial charge in [0.2, 0.25) is 0 Å². The highest BCUT2D eigenvalue weighted by Gasteiger charge is 2.40. The molecule has 1 fully saturated rings. The van der Waals surface area contributed by atoms with Crippen LogP contribution in [0.5, 0.6) is 11.5 Å². The van der Waals surface area contributed by atoms with Gasteiger partial charge in [0, 0.05) is 33.3 Å². The first-order chi connectivity index (χ1) is 22.5. The Labute approximate surface area is 275 Å². The second-order valence-electron chi connectivity index (χ2n) is 11.1. The van der Waals surface area contributed by atoms with Gasteiger partial charge >= 0.3 is 17.9 Å². The van der Waals surface area contributed by atoms with Crippen LogP contribution in [0.4, 0.5) is 0 Å². The number of ether oxygens (including phenoxy) is 2. The predicted octanol–water partition coefficient (Wildman–Crippen LogP) is 5.42. The largest absolute Gasteiger partial charge is 0.496 e. The Hall–Kier alpha value is -4.78. The van der Waals surface area contributed by atoms with Crippen molar-refractivity contribution in [3.8, 4) is 21.9 Å². The van der Waals surface area contributed by atoms with Crippen LogP contribution in [-0.2, 0) is 14.4 Å². The molecule has 47 heavy (non-hydrogen) atoms. The van der Waals surface area contributed by atoms with Crippen molar-refractivity contribution in [3.63, 3.8) is 0 Å². The molecule has 0 atom stereocenters. The van der Waals surface area contributed by atoms with Gasteiger partial charge in [-0.1, -0.05) is 36.8 Å². The molecule has 1 aliphatic rings. The first-order valence-electron chi connectivity index (χ1n) is 15.1. The number of nitrogens with zero attached hydrogens (tertiary/aromatic N) is 1. The van der Waals surface area contributed by atoms with Crippen LogP contribution in [0.3, 0.4) is 0 Å². The predicted molar refractivity (Wildman–Crippen MR) is 177 cm³/mol. The SMILES string of the molecule is COc1ccccc1-c1sc2ccccc2c1C(=O)c1ccc(OCCN2CCCCC2)cc1.O=C(O)CC(O)(CC(=O)O)C(=O)O. The summed E-state index contributed by atoms with van der Waals surface area (Å²) in [6.45, 7) is 3.95. The lowest BCUT2D eigenvalue weighted by atomic mass is 9.96. The van der Waals surface area contributed by atoms with Gasteiger partial charge in [0.25, 0.3) is 0 Å². The molecular formula is C35H37NO10S. The van der Waals surface area contributed by atoms with E-state index >= 15 is 0 Å². The Bertz CT molecular complexity index is 1690. The van der Waals surface area contributed by atoms with Crippen molar-refractivity contribution in [2.24, 2.45) is 0 Å². The minimum Gasteiger partial charge on any atom is -0.496 e. The Morgan fingerprint density at radius 3 is 2.06 bits per heavy atom. The number of hydrogen-bond acceptors (Lipinski definition) is 9. The van der Waals surface area contributed by atoms with Crippen molar-refractivity contribution in [1.82, 2.24) is 4.90 Å². The van der Waals surface area contributed by atoms with E-state index < -0.39 is 36.4 Å². The molecule has 248 valence electrons. The second-order valence-corrected chi connectivity index (χ2v) is 12.1. The number of thiophene rings is 1. The van der Waals surface area contributed by atoms with Crippen molar-refractivity contribution in [2.45, 2.75) is 37.7 Å². The Balaban J connectivity index is 0.000000328. The third kappa shape index (κ3) is 9.16. The topological polar surface area (TPSA) is 171 Å². The average Bonchev–Trinajstić information content (AvgIpc) is 3.44.